The predicted molar refractivity (Wildman–Crippen MR) is 64.2 cm³/mol. The topological polar surface area (TPSA) is 43.8 Å². The van der Waals surface area contributed by atoms with Crippen LogP contribution in [0.1, 0.15) is 30.0 Å². The Morgan fingerprint density at radius 3 is 2.94 bits per heavy atom. The van der Waals surface area contributed by atoms with Crippen LogP contribution in [-0.4, -0.2) is 9.78 Å². The first kappa shape index (κ1) is 9.46. The number of aryl methyl sites for hydroxylation is 1. The van der Waals surface area contributed by atoms with E-state index in [0.29, 0.717) is 6.04 Å². The summed E-state index contributed by atoms with van der Waals surface area (Å²) in [5.41, 5.74) is 8.75. The molecule has 0 saturated carbocycles. The van der Waals surface area contributed by atoms with E-state index in [4.69, 9.17) is 5.73 Å². The molecule has 1 aromatic carbocycles. The highest BCUT2D eigenvalue weighted by Gasteiger charge is 2.22. The molecule has 0 saturated heterocycles. The minimum absolute atomic E-state index is 0.319. The minimum atomic E-state index is 0.319. The third-order valence-corrected chi connectivity index (χ3v) is 3.33. The molecule has 3 nitrogen and oxygen atoms in total. The number of nitrogens with zero attached hydrogens (tertiary/aromatic N) is 2. The molecule has 0 fully saturated rings. The highest BCUT2D eigenvalue weighted by molar-refractivity contribution is 5.36. The van der Waals surface area contributed by atoms with Gasteiger partial charge >= 0.3 is 0 Å². The van der Waals surface area contributed by atoms with Crippen LogP contribution in [0, 0.1) is 0 Å². The molecule has 1 heterocycles. The summed E-state index contributed by atoms with van der Waals surface area (Å²) in [5.74, 6) is 0.752. The summed E-state index contributed by atoms with van der Waals surface area (Å²) in [4.78, 5) is 0. The second kappa shape index (κ2) is 3.67. The molecule has 1 aliphatic rings. The second-order valence-electron chi connectivity index (χ2n) is 4.31. The number of fused-ring (bicyclic) bond motifs is 1. The van der Waals surface area contributed by atoms with Gasteiger partial charge in [-0.05, 0) is 36.5 Å². The van der Waals surface area contributed by atoms with Crippen molar-refractivity contribution in [2.45, 2.75) is 25.3 Å². The molecular weight excluding hydrogens is 198 g/mol. The van der Waals surface area contributed by atoms with Gasteiger partial charge in [0.05, 0.1) is 12.2 Å². The van der Waals surface area contributed by atoms with Crippen molar-refractivity contribution in [2.24, 2.45) is 0 Å². The van der Waals surface area contributed by atoms with E-state index in [1.807, 2.05) is 10.7 Å². The van der Waals surface area contributed by atoms with E-state index in [1.54, 1.807) is 6.20 Å². The first-order valence-corrected chi connectivity index (χ1v) is 5.73. The zero-order valence-corrected chi connectivity index (χ0v) is 9.13. The van der Waals surface area contributed by atoms with Crippen molar-refractivity contribution in [2.75, 3.05) is 5.73 Å². The summed E-state index contributed by atoms with van der Waals surface area (Å²) in [5, 5.41) is 4.33. The van der Waals surface area contributed by atoms with E-state index >= 15 is 0 Å². The third-order valence-electron chi connectivity index (χ3n) is 3.33. The van der Waals surface area contributed by atoms with Crippen molar-refractivity contribution in [3.63, 3.8) is 0 Å². The monoisotopic (exact) mass is 213 g/mol. The van der Waals surface area contributed by atoms with Gasteiger partial charge in [0.1, 0.15) is 5.82 Å². The van der Waals surface area contributed by atoms with Gasteiger partial charge in [-0.3, -0.25) is 0 Å². The summed E-state index contributed by atoms with van der Waals surface area (Å²) in [6.07, 6.45) is 5.28. The lowest BCUT2D eigenvalue weighted by Gasteiger charge is -2.26. The lowest BCUT2D eigenvalue weighted by atomic mass is 9.88. The quantitative estimate of drug-likeness (QED) is 0.790. The average Bonchev–Trinajstić information content (AvgIpc) is 2.75. The molecule has 1 atom stereocenters. The summed E-state index contributed by atoms with van der Waals surface area (Å²) in [7, 11) is 0. The Morgan fingerprint density at radius 1 is 1.25 bits per heavy atom. The highest BCUT2D eigenvalue weighted by atomic mass is 15.3. The highest BCUT2D eigenvalue weighted by Crippen LogP contribution is 2.33. The summed E-state index contributed by atoms with van der Waals surface area (Å²) in [6.45, 7) is 0. The zero-order chi connectivity index (χ0) is 11.0. The number of hydrogen-bond acceptors (Lipinski definition) is 2. The van der Waals surface area contributed by atoms with Crippen molar-refractivity contribution in [3.8, 4) is 0 Å². The van der Waals surface area contributed by atoms with Crippen LogP contribution in [0.2, 0.25) is 0 Å². The van der Waals surface area contributed by atoms with E-state index in [1.165, 1.54) is 24.0 Å². The SMILES string of the molecule is Nc1ccnn1C1CCCc2ccccc21. The van der Waals surface area contributed by atoms with Crippen LogP contribution in [0.4, 0.5) is 5.82 Å². The first-order chi connectivity index (χ1) is 7.86. The second-order valence-corrected chi connectivity index (χ2v) is 4.31. The van der Waals surface area contributed by atoms with E-state index in [0.717, 1.165) is 12.2 Å². The van der Waals surface area contributed by atoms with Gasteiger partial charge in [0.25, 0.3) is 0 Å². The van der Waals surface area contributed by atoms with Gasteiger partial charge in [-0.25, -0.2) is 4.68 Å². The lowest BCUT2D eigenvalue weighted by molar-refractivity contribution is 0.456. The van der Waals surface area contributed by atoms with Crippen LogP contribution >= 0.6 is 0 Å². The third kappa shape index (κ3) is 1.40. The molecule has 82 valence electrons. The van der Waals surface area contributed by atoms with Gasteiger partial charge < -0.3 is 5.73 Å². The molecule has 0 spiro atoms. The number of nitrogen functional groups attached to an aromatic ring is 1. The Labute approximate surface area is 94.9 Å². The van der Waals surface area contributed by atoms with Gasteiger partial charge in [-0.2, -0.15) is 5.10 Å². The number of rotatable bonds is 1. The van der Waals surface area contributed by atoms with Crippen LogP contribution in [0.15, 0.2) is 36.5 Å². The molecule has 2 N–H and O–H groups in total. The van der Waals surface area contributed by atoms with Crippen molar-refractivity contribution in [1.82, 2.24) is 9.78 Å². The Hall–Kier alpha value is -1.77. The molecule has 1 aromatic heterocycles. The summed E-state index contributed by atoms with van der Waals surface area (Å²) in [6, 6.07) is 10.8. The van der Waals surface area contributed by atoms with Crippen molar-refractivity contribution in [3.05, 3.63) is 47.7 Å². The summed E-state index contributed by atoms with van der Waals surface area (Å²) >= 11 is 0. The number of hydrogen-bond donors (Lipinski definition) is 1. The van der Waals surface area contributed by atoms with Crippen LogP contribution in [0.25, 0.3) is 0 Å². The number of nitrogens with two attached hydrogens (primary N) is 1. The lowest BCUT2D eigenvalue weighted by Crippen LogP contribution is -2.19. The fourth-order valence-electron chi connectivity index (χ4n) is 2.57. The minimum Gasteiger partial charge on any atom is -0.384 e. The van der Waals surface area contributed by atoms with E-state index < -0.39 is 0 Å². The molecule has 0 radical (unpaired) electrons. The zero-order valence-electron chi connectivity index (χ0n) is 9.13. The maximum Gasteiger partial charge on any atom is 0.122 e. The Balaban J connectivity index is 2.08. The fourth-order valence-corrected chi connectivity index (χ4v) is 2.57. The Morgan fingerprint density at radius 2 is 2.12 bits per heavy atom. The fraction of sp³-hybridized carbons (Fsp3) is 0.308. The van der Waals surface area contributed by atoms with Crippen molar-refractivity contribution in [1.29, 1.82) is 0 Å². The van der Waals surface area contributed by atoms with Crippen LogP contribution in [0.3, 0.4) is 0 Å². The first-order valence-electron chi connectivity index (χ1n) is 5.73. The standard InChI is InChI=1S/C13H15N3/c14-13-8-9-15-16(13)12-7-3-5-10-4-1-2-6-11(10)12/h1-2,4,6,8-9,12H,3,5,7,14H2. The normalized spacial score (nSPS) is 19.4. The number of aromatic nitrogens is 2. The number of anilines is 1. The maximum atomic E-state index is 5.93. The smallest absolute Gasteiger partial charge is 0.122 e. The van der Waals surface area contributed by atoms with E-state index in [9.17, 15) is 0 Å². The van der Waals surface area contributed by atoms with Gasteiger partial charge in [-0.1, -0.05) is 24.3 Å². The molecule has 3 heteroatoms. The van der Waals surface area contributed by atoms with Crippen LogP contribution in [0.5, 0.6) is 0 Å². The maximum absolute atomic E-state index is 5.93. The molecular formula is C13H15N3. The molecule has 1 aliphatic carbocycles. The molecule has 1 unspecified atom stereocenters. The molecule has 2 aromatic rings. The molecule has 16 heavy (non-hydrogen) atoms. The summed E-state index contributed by atoms with van der Waals surface area (Å²) < 4.78 is 1.94. The van der Waals surface area contributed by atoms with Crippen LogP contribution in [-0.2, 0) is 6.42 Å². The predicted octanol–water partition coefficient (Wildman–Crippen LogP) is 2.39. The molecule has 0 bridgehead atoms. The van der Waals surface area contributed by atoms with Crippen molar-refractivity contribution >= 4 is 5.82 Å². The Bertz CT molecular complexity index is 501. The van der Waals surface area contributed by atoms with Gasteiger partial charge in [-0.15, -0.1) is 0 Å². The van der Waals surface area contributed by atoms with Crippen molar-refractivity contribution < 1.29 is 0 Å². The van der Waals surface area contributed by atoms with Gasteiger partial charge in [0.2, 0.25) is 0 Å². The molecule has 0 amide bonds. The Kier molecular flexibility index (Phi) is 2.17. The van der Waals surface area contributed by atoms with E-state index in [2.05, 4.69) is 29.4 Å². The van der Waals surface area contributed by atoms with Gasteiger partial charge in [0.15, 0.2) is 0 Å². The molecule has 3 rings (SSSR count). The van der Waals surface area contributed by atoms with Crippen LogP contribution < -0.4 is 5.73 Å². The molecule has 0 aliphatic heterocycles. The average molecular weight is 213 g/mol. The van der Waals surface area contributed by atoms with Gasteiger partial charge in [0, 0.05) is 0 Å². The van der Waals surface area contributed by atoms with E-state index in [-0.39, 0.29) is 0 Å². The largest absolute Gasteiger partial charge is 0.384 e. The number of benzene rings is 1.